The SMILES string of the molecule is c1ccc(N2c3ccccc3C3(c4ccccc4-c4c(N(c5ccc(-c6ccc7sc8ccccc8c7c6)cc5)c5ccccc5-c5ccccc5-c5cccc6ccccc56)cccc43)c3ccccc32)cc1. The van der Waals surface area contributed by atoms with Gasteiger partial charge in [0.1, 0.15) is 0 Å². The second kappa shape index (κ2) is 16.9. The first-order chi connectivity index (χ1) is 36.7. The Morgan fingerprint density at radius 1 is 0.324 bits per heavy atom. The van der Waals surface area contributed by atoms with Crippen LogP contribution in [0.2, 0.25) is 0 Å². The van der Waals surface area contributed by atoms with Crippen molar-refractivity contribution >= 4 is 76.4 Å². The fourth-order valence-corrected chi connectivity index (χ4v) is 13.7. The highest BCUT2D eigenvalue weighted by molar-refractivity contribution is 7.25. The van der Waals surface area contributed by atoms with Crippen molar-refractivity contribution < 1.29 is 0 Å². The highest BCUT2D eigenvalue weighted by Crippen LogP contribution is 2.65. The second-order valence-corrected chi connectivity index (χ2v) is 20.6. The number of anilines is 6. The third kappa shape index (κ3) is 6.30. The molecule has 2 heterocycles. The summed E-state index contributed by atoms with van der Waals surface area (Å²) in [6.45, 7) is 0. The Morgan fingerprint density at radius 2 is 0.851 bits per heavy atom. The van der Waals surface area contributed by atoms with Gasteiger partial charge >= 0.3 is 0 Å². The van der Waals surface area contributed by atoms with Gasteiger partial charge in [0.15, 0.2) is 0 Å². The molecular weight excluding hydrogens is 913 g/mol. The zero-order valence-corrected chi connectivity index (χ0v) is 41.2. The van der Waals surface area contributed by atoms with Crippen molar-refractivity contribution in [3.05, 3.63) is 301 Å². The zero-order valence-electron chi connectivity index (χ0n) is 40.4. The minimum absolute atomic E-state index is 0.610. The molecule has 346 valence electrons. The average Bonchev–Trinajstić information content (AvgIpc) is 4.02. The molecule has 12 aromatic carbocycles. The molecule has 0 saturated carbocycles. The number of benzene rings is 12. The summed E-state index contributed by atoms with van der Waals surface area (Å²) < 4.78 is 2.63. The lowest BCUT2D eigenvalue weighted by Gasteiger charge is -2.45. The van der Waals surface area contributed by atoms with Gasteiger partial charge in [-0.05, 0) is 133 Å². The molecule has 2 aliphatic rings. The van der Waals surface area contributed by atoms with Gasteiger partial charge in [-0.25, -0.2) is 0 Å². The van der Waals surface area contributed by atoms with Gasteiger partial charge in [-0.1, -0.05) is 212 Å². The Labute approximate surface area is 435 Å². The Morgan fingerprint density at radius 3 is 1.64 bits per heavy atom. The van der Waals surface area contributed by atoms with Crippen LogP contribution in [-0.2, 0) is 5.41 Å². The fraction of sp³-hybridized carbons (Fsp3) is 0.0141. The molecule has 0 fully saturated rings. The van der Waals surface area contributed by atoms with E-state index in [1.54, 1.807) is 0 Å². The van der Waals surface area contributed by atoms with E-state index in [2.05, 4.69) is 289 Å². The van der Waals surface area contributed by atoms with Crippen LogP contribution in [0.25, 0.3) is 75.5 Å². The molecule has 0 N–H and O–H groups in total. The van der Waals surface area contributed by atoms with E-state index in [1.165, 1.54) is 104 Å². The number of para-hydroxylation sites is 4. The van der Waals surface area contributed by atoms with Gasteiger partial charge in [0.05, 0.1) is 28.2 Å². The lowest BCUT2D eigenvalue weighted by atomic mass is 9.64. The van der Waals surface area contributed by atoms with E-state index in [0.717, 1.165) is 28.3 Å². The van der Waals surface area contributed by atoms with E-state index >= 15 is 0 Å². The van der Waals surface area contributed by atoms with E-state index in [1.807, 2.05) is 11.3 Å². The molecule has 0 bridgehead atoms. The van der Waals surface area contributed by atoms with Gasteiger partial charge in [-0.15, -0.1) is 11.3 Å². The van der Waals surface area contributed by atoms with Crippen LogP contribution in [0, 0.1) is 0 Å². The smallest absolute Gasteiger partial charge is 0.0755 e. The van der Waals surface area contributed by atoms with Crippen LogP contribution in [0.15, 0.2) is 279 Å². The zero-order chi connectivity index (χ0) is 48.7. The van der Waals surface area contributed by atoms with Crippen molar-refractivity contribution in [3.8, 4) is 44.5 Å². The van der Waals surface area contributed by atoms with Crippen molar-refractivity contribution in [2.24, 2.45) is 0 Å². The second-order valence-electron chi connectivity index (χ2n) is 19.5. The Balaban J connectivity index is 0.982. The van der Waals surface area contributed by atoms with E-state index < -0.39 is 5.41 Å². The molecule has 1 aromatic heterocycles. The molecule has 0 radical (unpaired) electrons. The number of hydrogen-bond donors (Lipinski definition) is 0. The van der Waals surface area contributed by atoms with Gasteiger partial charge in [0, 0.05) is 42.7 Å². The molecule has 0 saturated heterocycles. The number of nitrogens with zero attached hydrogens (tertiary/aromatic N) is 2. The van der Waals surface area contributed by atoms with E-state index in [9.17, 15) is 0 Å². The summed E-state index contributed by atoms with van der Waals surface area (Å²) in [4.78, 5) is 5.00. The monoisotopic (exact) mass is 958 g/mol. The number of fused-ring (bicyclic) bond motifs is 13. The molecule has 2 nitrogen and oxygen atoms in total. The lowest BCUT2D eigenvalue weighted by molar-refractivity contribution is 0.752. The third-order valence-electron chi connectivity index (χ3n) is 15.7. The maximum absolute atomic E-state index is 2.54. The molecule has 1 aliphatic heterocycles. The maximum Gasteiger partial charge on any atom is 0.0755 e. The van der Waals surface area contributed by atoms with Crippen LogP contribution < -0.4 is 9.80 Å². The van der Waals surface area contributed by atoms with Crippen LogP contribution in [0.3, 0.4) is 0 Å². The predicted octanol–water partition coefficient (Wildman–Crippen LogP) is 19.8. The summed E-state index contributed by atoms with van der Waals surface area (Å²) in [5.41, 5.74) is 20.9. The minimum atomic E-state index is -0.610. The molecular formula is C71H46N2S. The summed E-state index contributed by atoms with van der Waals surface area (Å²) in [7, 11) is 0. The van der Waals surface area contributed by atoms with Crippen LogP contribution in [0.4, 0.5) is 34.1 Å². The standard InChI is InChI=1S/C71H46N2S/c1-2-22-50(23-3-1)73-65-36-15-12-32-61(65)71(62-33-13-16-37-66(62)73)60-31-11-8-29-58(60)70-63(71)34-19-38-67(70)72(51-43-40-47(41-44-51)49-42-45-69-59(46-49)57-28-10-17-39-68(57)74-69)64-35-14-9-27-56(64)55-26-7-6-25-54(55)53-30-18-21-48-20-4-5-24-52(48)53/h1-46H. The van der Waals surface area contributed by atoms with Crippen molar-refractivity contribution in [1.82, 2.24) is 0 Å². The largest absolute Gasteiger partial charge is 0.310 e. The van der Waals surface area contributed by atoms with Crippen LogP contribution in [0.5, 0.6) is 0 Å². The Kier molecular flexibility index (Phi) is 9.70. The van der Waals surface area contributed by atoms with Crippen LogP contribution in [0.1, 0.15) is 22.3 Å². The predicted molar refractivity (Wildman–Crippen MR) is 313 cm³/mol. The minimum Gasteiger partial charge on any atom is -0.310 e. The molecule has 74 heavy (non-hydrogen) atoms. The number of hydrogen-bond acceptors (Lipinski definition) is 3. The lowest BCUT2D eigenvalue weighted by Crippen LogP contribution is -2.36. The van der Waals surface area contributed by atoms with Gasteiger partial charge in [0.25, 0.3) is 0 Å². The summed E-state index contributed by atoms with van der Waals surface area (Å²) in [5, 5.41) is 5.08. The average molecular weight is 959 g/mol. The summed E-state index contributed by atoms with van der Waals surface area (Å²) >= 11 is 1.86. The molecule has 1 aliphatic carbocycles. The van der Waals surface area contributed by atoms with E-state index in [0.29, 0.717) is 0 Å². The first kappa shape index (κ1) is 42.4. The fourth-order valence-electron chi connectivity index (χ4n) is 12.6. The topological polar surface area (TPSA) is 6.48 Å². The molecule has 0 atom stereocenters. The van der Waals surface area contributed by atoms with Crippen molar-refractivity contribution in [2.75, 3.05) is 9.80 Å². The molecule has 1 spiro atoms. The number of rotatable bonds is 7. The highest BCUT2D eigenvalue weighted by Gasteiger charge is 2.52. The quantitative estimate of drug-likeness (QED) is 0.157. The molecule has 15 rings (SSSR count). The first-order valence-electron chi connectivity index (χ1n) is 25.5. The van der Waals surface area contributed by atoms with Crippen LogP contribution >= 0.6 is 11.3 Å². The molecule has 3 heteroatoms. The first-order valence-corrected chi connectivity index (χ1v) is 26.3. The van der Waals surface area contributed by atoms with Crippen LogP contribution in [-0.4, -0.2) is 0 Å². The van der Waals surface area contributed by atoms with Gasteiger partial charge in [0.2, 0.25) is 0 Å². The van der Waals surface area contributed by atoms with E-state index in [4.69, 9.17) is 0 Å². The summed E-state index contributed by atoms with van der Waals surface area (Å²) in [6.07, 6.45) is 0. The van der Waals surface area contributed by atoms with Gasteiger partial charge < -0.3 is 9.80 Å². The van der Waals surface area contributed by atoms with Gasteiger partial charge in [-0.2, -0.15) is 0 Å². The molecule has 13 aromatic rings. The third-order valence-corrected chi connectivity index (χ3v) is 16.8. The molecule has 0 amide bonds. The number of thiophene rings is 1. The summed E-state index contributed by atoms with van der Waals surface area (Å²) in [6, 6.07) is 104. The summed E-state index contributed by atoms with van der Waals surface area (Å²) in [5.74, 6) is 0. The highest BCUT2D eigenvalue weighted by atomic mass is 32.1. The Hall–Kier alpha value is -9.28. The Bertz CT molecular complexity index is 4290. The van der Waals surface area contributed by atoms with E-state index in [-0.39, 0.29) is 0 Å². The van der Waals surface area contributed by atoms with Gasteiger partial charge in [-0.3, -0.25) is 0 Å². The van der Waals surface area contributed by atoms with Crippen molar-refractivity contribution in [3.63, 3.8) is 0 Å². The van der Waals surface area contributed by atoms with Crippen molar-refractivity contribution in [2.45, 2.75) is 5.41 Å². The molecule has 0 unspecified atom stereocenters. The normalized spacial score (nSPS) is 12.9. The van der Waals surface area contributed by atoms with Crippen molar-refractivity contribution in [1.29, 1.82) is 0 Å². The maximum atomic E-state index is 2.54.